The number of unbranched alkanes of at least 4 members (excludes halogenated alkanes) is 1. The van der Waals surface area contributed by atoms with E-state index in [1.807, 2.05) is 19.9 Å². The number of anilines is 2. The predicted octanol–water partition coefficient (Wildman–Crippen LogP) is 2.74. The van der Waals surface area contributed by atoms with E-state index in [-0.39, 0.29) is 17.4 Å². The molecule has 0 fully saturated rings. The number of rotatable bonds is 7. The molecule has 140 valence electrons. The van der Waals surface area contributed by atoms with Crippen molar-refractivity contribution < 1.29 is 4.79 Å². The minimum atomic E-state index is -0.653. The molecule has 2 rings (SSSR count). The molecule has 2 aromatic rings. The topological polar surface area (TPSA) is 101 Å². The molecule has 0 bridgehead atoms. The average molecular weight is 423 g/mol. The van der Waals surface area contributed by atoms with Crippen LogP contribution in [0.15, 0.2) is 38.3 Å². The van der Waals surface area contributed by atoms with Gasteiger partial charge in [0.05, 0.1) is 0 Å². The quantitative estimate of drug-likeness (QED) is 0.715. The zero-order valence-corrected chi connectivity index (χ0v) is 16.5. The first kappa shape index (κ1) is 20.0. The molecular weight excluding hydrogens is 400 g/mol. The Morgan fingerprint density at radius 2 is 2.00 bits per heavy atom. The van der Waals surface area contributed by atoms with Crippen LogP contribution in [0.5, 0.6) is 0 Å². The highest BCUT2D eigenvalue weighted by Gasteiger charge is 2.24. The van der Waals surface area contributed by atoms with Gasteiger partial charge in [0, 0.05) is 23.1 Å². The largest absolute Gasteiger partial charge is 0.383 e. The molecule has 8 heteroatoms. The van der Waals surface area contributed by atoms with Gasteiger partial charge in [0.25, 0.3) is 11.5 Å². The van der Waals surface area contributed by atoms with Crippen LogP contribution in [0.2, 0.25) is 0 Å². The Hall–Kier alpha value is -2.35. The number of H-pyrrole nitrogens is 1. The molecule has 3 N–H and O–H groups in total. The Labute approximate surface area is 160 Å². The van der Waals surface area contributed by atoms with Crippen molar-refractivity contribution in [3.8, 4) is 0 Å². The Morgan fingerprint density at radius 1 is 1.27 bits per heavy atom. The van der Waals surface area contributed by atoms with Crippen LogP contribution in [0.4, 0.5) is 11.5 Å². The molecule has 0 aliphatic heterocycles. The number of aromatic amines is 1. The molecule has 1 aromatic heterocycles. The average Bonchev–Trinajstić information content (AvgIpc) is 2.60. The van der Waals surface area contributed by atoms with Gasteiger partial charge in [-0.15, -0.1) is 0 Å². The lowest BCUT2D eigenvalue weighted by Crippen LogP contribution is -2.41. The van der Waals surface area contributed by atoms with Gasteiger partial charge in [-0.05, 0) is 31.0 Å². The zero-order valence-electron chi connectivity index (χ0n) is 14.9. The molecule has 1 amide bonds. The van der Waals surface area contributed by atoms with Crippen molar-refractivity contribution in [1.29, 1.82) is 0 Å². The van der Waals surface area contributed by atoms with Gasteiger partial charge in [-0.1, -0.05) is 42.3 Å². The molecule has 0 aliphatic rings. The van der Waals surface area contributed by atoms with Gasteiger partial charge < -0.3 is 10.6 Å². The molecular formula is C18H23BrN4O3. The lowest BCUT2D eigenvalue weighted by molar-refractivity contribution is 0.0986. The lowest BCUT2D eigenvalue weighted by Gasteiger charge is -2.24. The highest BCUT2D eigenvalue weighted by molar-refractivity contribution is 9.10. The monoisotopic (exact) mass is 422 g/mol. The first-order valence-electron chi connectivity index (χ1n) is 8.60. The fraction of sp³-hybridized carbons (Fsp3) is 0.389. The summed E-state index contributed by atoms with van der Waals surface area (Å²) in [7, 11) is 0. The molecule has 0 radical (unpaired) electrons. The summed E-state index contributed by atoms with van der Waals surface area (Å²) >= 11 is 3.35. The third-order valence-electron chi connectivity index (χ3n) is 3.98. The number of nitrogens with two attached hydrogens (primary N) is 1. The molecule has 0 aliphatic carbocycles. The highest BCUT2D eigenvalue weighted by atomic mass is 79.9. The van der Waals surface area contributed by atoms with Crippen molar-refractivity contribution in [1.82, 2.24) is 9.55 Å². The van der Waals surface area contributed by atoms with E-state index in [2.05, 4.69) is 20.9 Å². The van der Waals surface area contributed by atoms with Crippen LogP contribution in [-0.2, 0) is 6.54 Å². The van der Waals surface area contributed by atoms with Crippen LogP contribution in [0.1, 0.15) is 43.5 Å². The number of aromatic nitrogens is 2. The van der Waals surface area contributed by atoms with E-state index >= 15 is 0 Å². The van der Waals surface area contributed by atoms with Crippen molar-refractivity contribution in [3.05, 3.63) is 55.1 Å². The molecule has 0 spiro atoms. The molecule has 1 aromatic carbocycles. The second kappa shape index (κ2) is 8.84. The standard InChI is InChI=1S/C18H23BrN4O3/c1-3-5-10-22(17(25)12-7-6-8-13(19)11-12)14-15(20)23(9-4-2)18(26)21-16(14)24/h6-8,11H,3-5,9-10,20H2,1-2H3,(H,21,24,26). The Morgan fingerprint density at radius 3 is 2.62 bits per heavy atom. The normalized spacial score (nSPS) is 10.7. The maximum Gasteiger partial charge on any atom is 0.330 e. The zero-order chi connectivity index (χ0) is 19.3. The lowest BCUT2D eigenvalue weighted by atomic mass is 10.1. The Bertz CT molecular complexity index is 904. The third-order valence-corrected chi connectivity index (χ3v) is 4.48. The van der Waals surface area contributed by atoms with Gasteiger partial charge in [-0.25, -0.2) is 4.79 Å². The summed E-state index contributed by atoms with van der Waals surface area (Å²) in [6, 6.07) is 6.93. The van der Waals surface area contributed by atoms with Crippen molar-refractivity contribution >= 4 is 33.3 Å². The number of hydrogen-bond acceptors (Lipinski definition) is 4. The van der Waals surface area contributed by atoms with Crippen LogP contribution in [0, 0.1) is 0 Å². The number of amides is 1. The fourth-order valence-corrected chi connectivity index (χ4v) is 3.09. The van der Waals surface area contributed by atoms with Crippen molar-refractivity contribution in [3.63, 3.8) is 0 Å². The van der Waals surface area contributed by atoms with Gasteiger partial charge in [0.15, 0.2) is 5.69 Å². The van der Waals surface area contributed by atoms with E-state index in [4.69, 9.17) is 5.73 Å². The number of hydrogen-bond donors (Lipinski definition) is 2. The van der Waals surface area contributed by atoms with E-state index < -0.39 is 11.2 Å². The Balaban J connectivity index is 2.60. The van der Waals surface area contributed by atoms with E-state index in [0.717, 1.165) is 10.9 Å². The molecule has 0 saturated carbocycles. The van der Waals surface area contributed by atoms with Gasteiger partial charge in [0.2, 0.25) is 0 Å². The number of nitrogen functional groups attached to an aromatic ring is 1. The summed E-state index contributed by atoms with van der Waals surface area (Å²) in [5.41, 5.74) is 5.37. The summed E-state index contributed by atoms with van der Waals surface area (Å²) in [4.78, 5) is 41.2. The molecule has 1 heterocycles. The maximum absolute atomic E-state index is 13.1. The van der Waals surface area contributed by atoms with Crippen LogP contribution < -0.4 is 21.9 Å². The summed E-state index contributed by atoms with van der Waals surface area (Å²) in [5.74, 6) is -0.321. The first-order chi connectivity index (χ1) is 12.4. The van der Waals surface area contributed by atoms with Gasteiger partial charge in [0.1, 0.15) is 5.82 Å². The van der Waals surface area contributed by atoms with Crippen LogP contribution in [0.25, 0.3) is 0 Å². The Kier molecular flexibility index (Phi) is 6.79. The van der Waals surface area contributed by atoms with Crippen LogP contribution in [-0.4, -0.2) is 22.0 Å². The minimum Gasteiger partial charge on any atom is -0.383 e. The number of carbonyl (C=O) groups is 1. The van der Waals surface area contributed by atoms with E-state index in [1.165, 1.54) is 9.47 Å². The molecule has 0 unspecified atom stereocenters. The van der Waals surface area contributed by atoms with Crippen molar-refractivity contribution in [2.45, 2.75) is 39.7 Å². The smallest absolute Gasteiger partial charge is 0.330 e. The predicted molar refractivity (Wildman–Crippen MR) is 107 cm³/mol. The molecule has 0 saturated heterocycles. The van der Waals surface area contributed by atoms with Crippen molar-refractivity contribution in [2.75, 3.05) is 17.2 Å². The highest BCUT2D eigenvalue weighted by Crippen LogP contribution is 2.21. The number of carbonyl (C=O) groups excluding carboxylic acids is 1. The third kappa shape index (κ3) is 4.24. The van der Waals surface area contributed by atoms with E-state index in [9.17, 15) is 14.4 Å². The number of benzene rings is 1. The molecule has 0 atom stereocenters. The second-order valence-corrected chi connectivity index (χ2v) is 6.88. The SMILES string of the molecule is CCCCN(C(=O)c1cccc(Br)c1)c1c(N)n(CCC)c(=O)[nH]c1=O. The van der Waals surface area contributed by atoms with Gasteiger partial charge >= 0.3 is 5.69 Å². The first-order valence-corrected chi connectivity index (χ1v) is 9.40. The molecule has 26 heavy (non-hydrogen) atoms. The number of nitrogens with one attached hydrogen (secondary N) is 1. The second-order valence-electron chi connectivity index (χ2n) is 5.97. The summed E-state index contributed by atoms with van der Waals surface area (Å²) < 4.78 is 2.06. The van der Waals surface area contributed by atoms with Crippen molar-refractivity contribution in [2.24, 2.45) is 0 Å². The van der Waals surface area contributed by atoms with Gasteiger partial charge in [-0.2, -0.15) is 0 Å². The summed E-state index contributed by atoms with van der Waals surface area (Å²) in [5, 5.41) is 0. The number of halogens is 1. The summed E-state index contributed by atoms with van der Waals surface area (Å²) in [6.07, 6.45) is 2.21. The fourth-order valence-electron chi connectivity index (χ4n) is 2.69. The van der Waals surface area contributed by atoms with Crippen LogP contribution in [0.3, 0.4) is 0 Å². The molecule has 7 nitrogen and oxygen atoms in total. The summed E-state index contributed by atoms with van der Waals surface area (Å²) in [6.45, 7) is 4.59. The number of nitrogens with zero attached hydrogens (tertiary/aromatic N) is 2. The van der Waals surface area contributed by atoms with E-state index in [1.54, 1.807) is 18.2 Å². The minimum absolute atomic E-state index is 0.0139. The maximum atomic E-state index is 13.1. The van der Waals surface area contributed by atoms with Gasteiger partial charge in [-0.3, -0.25) is 19.1 Å². The van der Waals surface area contributed by atoms with E-state index in [0.29, 0.717) is 31.5 Å². The van der Waals surface area contributed by atoms with Crippen LogP contribution >= 0.6 is 15.9 Å².